The summed E-state index contributed by atoms with van der Waals surface area (Å²) in [6.45, 7) is 0.366. The summed E-state index contributed by atoms with van der Waals surface area (Å²) in [6.07, 6.45) is 0.396. The van der Waals surface area contributed by atoms with Crippen LogP contribution in [0.5, 0.6) is 5.75 Å². The summed E-state index contributed by atoms with van der Waals surface area (Å²) in [5, 5.41) is 11.3. The molecular formula is C15H14N2O6. The summed E-state index contributed by atoms with van der Waals surface area (Å²) in [4.78, 5) is 48.4. The number of imide groups is 1. The number of carboxylic acid groups (broad SMARTS) is 1. The average Bonchev–Trinajstić information content (AvgIpc) is 2.67. The molecule has 1 aromatic rings. The zero-order valence-corrected chi connectivity index (χ0v) is 12.1. The van der Waals surface area contributed by atoms with Gasteiger partial charge in [0.25, 0.3) is 5.91 Å². The van der Waals surface area contributed by atoms with Gasteiger partial charge < -0.3 is 14.7 Å². The van der Waals surface area contributed by atoms with Gasteiger partial charge in [0.05, 0.1) is 17.7 Å². The van der Waals surface area contributed by atoms with Gasteiger partial charge in [-0.25, -0.2) is 4.79 Å². The van der Waals surface area contributed by atoms with E-state index in [1.54, 1.807) is 0 Å². The molecule has 1 atom stereocenters. The third-order valence-electron chi connectivity index (χ3n) is 3.89. The summed E-state index contributed by atoms with van der Waals surface area (Å²) in [5.41, 5.74) is 0.0675. The first-order valence-corrected chi connectivity index (χ1v) is 7.12. The lowest BCUT2D eigenvalue weighted by atomic mass is 10.0. The molecule has 8 nitrogen and oxygen atoms in total. The standard InChI is InChI=1S/C15H14N2O6/c18-12-4-2-10(13(19)16-12)17-5-6-23-11-3-1-8(15(21)22)7-9(11)14(17)20/h1,3,7,10H,2,4-6H2,(H,21,22)(H,16,18,19). The number of ether oxygens (including phenoxy) is 1. The van der Waals surface area contributed by atoms with Gasteiger partial charge in [0.15, 0.2) is 0 Å². The first-order valence-electron chi connectivity index (χ1n) is 7.12. The zero-order valence-electron chi connectivity index (χ0n) is 12.1. The molecule has 0 aliphatic carbocycles. The first kappa shape index (κ1) is 15.0. The Morgan fingerprint density at radius 1 is 1.30 bits per heavy atom. The molecule has 2 N–H and O–H groups in total. The van der Waals surface area contributed by atoms with Crippen molar-refractivity contribution in [2.24, 2.45) is 0 Å². The van der Waals surface area contributed by atoms with Gasteiger partial charge in [-0.15, -0.1) is 0 Å². The molecule has 120 valence electrons. The number of carbonyl (C=O) groups is 4. The molecule has 1 saturated heterocycles. The third kappa shape index (κ3) is 2.75. The fourth-order valence-electron chi connectivity index (χ4n) is 2.74. The number of fused-ring (bicyclic) bond motifs is 1. The number of aromatic carboxylic acids is 1. The van der Waals surface area contributed by atoms with Crippen molar-refractivity contribution in [2.45, 2.75) is 18.9 Å². The lowest BCUT2D eigenvalue weighted by molar-refractivity contribution is -0.136. The largest absolute Gasteiger partial charge is 0.491 e. The van der Waals surface area contributed by atoms with Gasteiger partial charge in [0.2, 0.25) is 11.8 Å². The van der Waals surface area contributed by atoms with Gasteiger partial charge in [-0.2, -0.15) is 0 Å². The molecule has 0 radical (unpaired) electrons. The van der Waals surface area contributed by atoms with Crippen LogP contribution in [0, 0.1) is 0 Å². The molecule has 2 aliphatic rings. The molecule has 1 fully saturated rings. The zero-order chi connectivity index (χ0) is 16.6. The van der Waals surface area contributed by atoms with Crippen LogP contribution in [-0.4, -0.2) is 52.9 Å². The van der Waals surface area contributed by atoms with E-state index < -0.39 is 23.8 Å². The van der Waals surface area contributed by atoms with E-state index in [1.165, 1.54) is 23.1 Å². The second-order valence-electron chi connectivity index (χ2n) is 5.33. The summed E-state index contributed by atoms with van der Waals surface area (Å²) >= 11 is 0. The van der Waals surface area contributed by atoms with Crippen LogP contribution < -0.4 is 10.1 Å². The fraction of sp³-hybridized carbons (Fsp3) is 0.333. The number of benzene rings is 1. The Kier molecular flexibility index (Phi) is 3.73. The van der Waals surface area contributed by atoms with Crippen molar-refractivity contribution in [3.8, 4) is 5.75 Å². The molecule has 1 unspecified atom stereocenters. The minimum Gasteiger partial charge on any atom is -0.491 e. The maximum Gasteiger partial charge on any atom is 0.335 e. The van der Waals surface area contributed by atoms with Crippen molar-refractivity contribution in [1.82, 2.24) is 10.2 Å². The van der Waals surface area contributed by atoms with Gasteiger partial charge in [-0.3, -0.25) is 19.7 Å². The fourth-order valence-corrected chi connectivity index (χ4v) is 2.74. The first-order chi connectivity index (χ1) is 11.0. The minimum absolute atomic E-state index is 0.0363. The number of hydrogen-bond donors (Lipinski definition) is 2. The van der Waals surface area contributed by atoms with Crippen LogP contribution in [-0.2, 0) is 9.59 Å². The van der Waals surface area contributed by atoms with Crippen LogP contribution in [0.15, 0.2) is 18.2 Å². The number of carbonyl (C=O) groups excluding carboxylic acids is 3. The van der Waals surface area contributed by atoms with E-state index >= 15 is 0 Å². The van der Waals surface area contributed by atoms with E-state index in [0.717, 1.165) is 0 Å². The van der Waals surface area contributed by atoms with Crippen LogP contribution in [0.2, 0.25) is 0 Å². The van der Waals surface area contributed by atoms with Crippen LogP contribution in [0.1, 0.15) is 33.6 Å². The Morgan fingerprint density at radius 2 is 2.09 bits per heavy atom. The quantitative estimate of drug-likeness (QED) is 0.744. The molecular weight excluding hydrogens is 304 g/mol. The molecule has 23 heavy (non-hydrogen) atoms. The number of carboxylic acids is 1. The smallest absolute Gasteiger partial charge is 0.335 e. The summed E-state index contributed by atoms with van der Waals surface area (Å²) in [5.74, 6) is -2.23. The van der Waals surface area contributed by atoms with Crippen molar-refractivity contribution < 1.29 is 29.0 Å². The highest BCUT2D eigenvalue weighted by atomic mass is 16.5. The SMILES string of the molecule is O=C1CCC(N2CCOc3ccc(C(=O)O)cc3C2=O)C(=O)N1. The van der Waals surface area contributed by atoms with Gasteiger partial charge in [-0.1, -0.05) is 0 Å². The molecule has 2 aliphatic heterocycles. The van der Waals surface area contributed by atoms with Crippen LogP contribution in [0.3, 0.4) is 0 Å². The van der Waals surface area contributed by atoms with E-state index in [-0.39, 0.29) is 48.8 Å². The van der Waals surface area contributed by atoms with Gasteiger partial charge in [-0.05, 0) is 24.6 Å². The number of nitrogens with one attached hydrogen (secondary N) is 1. The van der Waals surface area contributed by atoms with Crippen molar-refractivity contribution in [3.05, 3.63) is 29.3 Å². The maximum absolute atomic E-state index is 12.7. The van der Waals surface area contributed by atoms with Gasteiger partial charge >= 0.3 is 5.97 Å². The summed E-state index contributed by atoms with van der Waals surface area (Å²) in [7, 11) is 0. The molecule has 1 aromatic carbocycles. The predicted octanol–water partition coefficient (Wildman–Crippen LogP) is 0.0246. The lowest BCUT2D eigenvalue weighted by Crippen LogP contribution is -2.54. The molecule has 0 saturated carbocycles. The molecule has 3 amide bonds. The van der Waals surface area contributed by atoms with Crippen molar-refractivity contribution >= 4 is 23.7 Å². The lowest BCUT2D eigenvalue weighted by Gasteiger charge is -2.31. The Hall–Kier alpha value is -2.90. The highest BCUT2D eigenvalue weighted by molar-refractivity contribution is 6.05. The second-order valence-corrected chi connectivity index (χ2v) is 5.33. The Bertz CT molecular complexity index is 714. The molecule has 3 rings (SSSR count). The molecule has 8 heteroatoms. The number of amides is 3. The topological polar surface area (TPSA) is 113 Å². The number of hydrogen-bond acceptors (Lipinski definition) is 5. The maximum atomic E-state index is 12.7. The summed E-state index contributed by atoms with van der Waals surface area (Å²) < 4.78 is 5.48. The van der Waals surface area contributed by atoms with E-state index in [0.29, 0.717) is 0 Å². The van der Waals surface area contributed by atoms with Crippen LogP contribution in [0.25, 0.3) is 0 Å². The normalized spacial score (nSPS) is 21.1. The Morgan fingerprint density at radius 3 is 2.78 bits per heavy atom. The van der Waals surface area contributed by atoms with E-state index in [9.17, 15) is 19.2 Å². The minimum atomic E-state index is -1.16. The number of piperidine rings is 1. The third-order valence-corrected chi connectivity index (χ3v) is 3.89. The molecule has 0 spiro atoms. The van der Waals surface area contributed by atoms with Crippen molar-refractivity contribution in [2.75, 3.05) is 13.2 Å². The highest BCUT2D eigenvalue weighted by Crippen LogP contribution is 2.27. The Balaban J connectivity index is 1.94. The number of rotatable bonds is 2. The average molecular weight is 318 g/mol. The molecule has 0 aromatic heterocycles. The Labute approximate surface area is 131 Å². The van der Waals surface area contributed by atoms with Crippen molar-refractivity contribution in [1.29, 1.82) is 0 Å². The monoisotopic (exact) mass is 318 g/mol. The van der Waals surface area contributed by atoms with Crippen LogP contribution >= 0.6 is 0 Å². The molecule has 0 bridgehead atoms. The highest BCUT2D eigenvalue weighted by Gasteiger charge is 2.36. The van der Waals surface area contributed by atoms with E-state index in [2.05, 4.69) is 5.32 Å². The second kappa shape index (κ2) is 5.71. The predicted molar refractivity (Wildman–Crippen MR) is 76.1 cm³/mol. The van der Waals surface area contributed by atoms with E-state index in [4.69, 9.17) is 9.84 Å². The molecule has 2 heterocycles. The van der Waals surface area contributed by atoms with Gasteiger partial charge in [0.1, 0.15) is 18.4 Å². The van der Waals surface area contributed by atoms with Crippen molar-refractivity contribution in [3.63, 3.8) is 0 Å². The van der Waals surface area contributed by atoms with Crippen LogP contribution in [0.4, 0.5) is 0 Å². The number of nitrogens with zero attached hydrogens (tertiary/aromatic N) is 1. The van der Waals surface area contributed by atoms with E-state index in [1.807, 2.05) is 0 Å². The summed E-state index contributed by atoms with van der Waals surface area (Å²) in [6, 6.07) is 3.27. The van der Waals surface area contributed by atoms with Gasteiger partial charge in [0, 0.05) is 6.42 Å².